The van der Waals surface area contributed by atoms with Crippen LogP contribution in [0.3, 0.4) is 0 Å². The first-order valence-electron chi connectivity index (χ1n) is 8.71. The Morgan fingerprint density at radius 1 is 1.20 bits per heavy atom. The average molecular weight is 340 g/mol. The van der Waals surface area contributed by atoms with E-state index in [4.69, 9.17) is 9.47 Å². The third kappa shape index (κ3) is 4.89. The first-order chi connectivity index (χ1) is 12.2. The molecule has 5 heteroatoms. The normalized spacial score (nSPS) is 15.6. The lowest BCUT2D eigenvalue weighted by Crippen LogP contribution is -2.47. The van der Waals surface area contributed by atoms with E-state index in [0.717, 1.165) is 35.5 Å². The van der Waals surface area contributed by atoms with E-state index < -0.39 is 0 Å². The number of urea groups is 1. The number of rotatable bonds is 6. The highest BCUT2D eigenvalue weighted by Gasteiger charge is 2.20. The van der Waals surface area contributed by atoms with Crippen molar-refractivity contribution in [2.75, 3.05) is 13.2 Å². The smallest absolute Gasteiger partial charge is 0.315 e. The molecule has 2 aromatic carbocycles. The molecule has 1 atom stereocenters. The number of para-hydroxylation sites is 1. The van der Waals surface area contributed by atoms with Crippen LogP contribution in [-0.4, -0.2) is 25.3 Å². The molecule has 2 N–H and O–H groups in total. The Morgan fingerprint density at radius 3 is 2.80 bits per heavy atom. The molecule has 3 rings (SSSR count). The van der Waals surface area contributed by atoms with Gasteiger partial charge in [-0.1, -0.05) is 37.3 Å². The maximum Gasteiger partial charge on any atom is 0.315 e. The quantitative estimate of drug-likeness (QED) is 0.848. The second-order valence-electron chi connectivity index (χ2n) is 6.14. The van der Waals surface area contributed by atoms with E-state index in [2.05, 4.69) is 17.6 Å². The van der Waals surface area contributed by atoms with E-state index in [1.807, 2.05) is 48.5 Å². The molecule has 5 nitrogen and oxygen atoms in total. The molecule has 1 aliphatic rings. The van der Waals surface area contributed by atoms with Gasteiger partial charge in [-0.2, -0.15) is 0 Å². The monoisotopic (exact) mass is 340 g/mol. The summed E-state index contributed by atoms with van der Waals surface area (Å²) < 4.78 is 11.2. The number of hydrogen-bond acceptors (Lipinski definition) is 3. The van der Waals surface area contributed by atoms with Crippen LogP contribution in [-0.2, 0) is 13.0 Å². The van der Waals surface area contributed by atoms with Crippen LogP contribution >= 0.6 is 0 Å². The van der Waals surface area contributed by atoms with Crippen molar-refractivity contribution < 1.29 is 14.3 Å². The Balaban J connectivity index is 1.44. The van der Waals surface area contributed by atoms with Gasteiger partial charge in [-0.05, 0) is 42.2 Å². The van der Waals surface area contributed by atoms with Crippen LogP contribution in [0.15, 0.2) is 48.5 Å². The number of benzene rings is 2. The van der Waals surface area contributed by atoms with E-state index in [0.29, 0.717) is 19.8 Å². The lowest BCUT2D eigenvalue weighted by atomic mass is 10.0. The summed E-state index contributed by atoms with van der Waals surface area (Å²) in [5.41, 5.74) is 2.16. The minimum atomic E-state index is -0.181. The van der Waals surface area contributed by atoms with E-state index in [1.165, 1.54) is 0 Å². The minimum absolute atomic E-state index is 0.0141. The number of nitrogens with one attached hydrogen (secondary N) is 2. The molecule has 1 heterocycles. The van der Waals surface area contributed by atoms with Crippen molar-refractivity contribution in [3.8, 4) is 11.5 Å². The molecule has 0 saturated carbocycles. The number of hydrogen-bond donors (Lipinski definition) is 2. The Morgan fingerprint density at radius 2 is 2.00 bits per heavy atom. The molecule has 0 fully saturated rings. The summed E-state index contributed by atoms with van der Waals surface area (Å²) in [5, 5.41) is 5.86. The van der Waals surface area contributed by atoms with Gasteiger partial charge in [0.25, 0.3) is 0 Å². The summed E-state index contributed by atoms with van der Waals surface area (Å²) in [5.74, 6) is 1.76. The van der Waals surface area contributed by atoms with Crippen molar-refractivity contribution in [3.63, 3.8) is 0 Å². The SMILES string of the molecule is CCCOc1ccc(CNC(=O)N[C@H]2COc3ccccc3C2)cc1. The average Bonchev–Trinajstić information content (AvgIpc) is 2.65. The fraction of sp³-hybridized carbons (Fsp3) is 0.350. The molecule has 0 radical (unpaired) electrons. The first-order valence-corrected chi connectivity index (χ1v) is 8.71. The van der Waals surface area contributed by atoms with Crippen molar-refractivity contribution in [3.05, 3.63) is 59.7 Å². The Kier molecular flexibility index (Phi) is 5.77. The van der Waals surface area contributed by atoms with E-state index >= 15 is 0 Å². The van der Waals surface area contributed by atoms with Gasteiger partial charge in [0.05, 0.1) is 12.6 Å². The van der Waals surface area contributed by atoms with Crippen LogP contribution in [0.5, 0.6) is 11.5 Å². The van der Waals surface area contributed by atoms with E-state index in [9.17, 15) is 4.79 Å². The fourth-order valence-electron chi connectivity index (χ4n) is 2.76. The summed E-state index contributed by atoms with van der Waals surface area (Å²) in [4.78, 5) is 12.1. The molecule has 2 amide bonds. The predicted octanol–water partition coefficient (Wildman–Crippen LogP) is 3.28. The second-order valence-corrected chi connectivity index (χ2v) is 6.14. The molecule has 132 valence electrons. The molecule has 25 heavy (non-hydrogen) atoms. The third-order valence-electron chi connectivity index (χ3n) is 4.06. The zero-order valence-electron chi connectivity index (χ0n) is 14.5. The summed E-state index contributed by atoms with van der Waals surface area (Å²) in [7, 11) is 0. The topological polar surface area (TPSA) is 59.6 Å². The third-order valence-corrected chi connectivity index (χ3v) is 4.06. The first kappa shape index (κ1) is 17.1. The molecule has 0 aliphatic carbocycles. The van der Waals surface area contributed by atoms with Crippen molar-refractivity contribution in [1.29, 1.82) is 0 Å². The van der Waals surface area contributed by atoms with Crippen molar-refractivity contribution in [2.24, 2.45) is 0 Å². The van der Waals surface area contributed by atoms with Gasteiger partial charge < -0.3 is 20.1 Å². The molecule has 0 unspecified atom stereocenters. The van der Waals surface area contributed by atoms with Crippen LogP contribution < -0.4 is 20.1 Å². The lowest BCUT2D eigenvalue weighted by molar-refractivity contribution is 0.214. The van der Waals surface area contributed by atoms with E-state index in [1.54, 1.807) is 0 Å². The van der Waals surface area contributed by atoms with Crippen LogP contribution in [0.2, 0.25) is 0 Å². The molecule has 0 bridgehead atoms. The predicted molar refractivity (Wildman–Crippen MR) is 97.0 cm³/mol. The molecule has 0 aromatic heterocycles. The molecule has 2 aromatic rings. The summed E-state index contributed by atoms with van der Waals surface area (Å²) in [6, 6.07) is 15.5. The number of fused-ring (bicyclic) bond motifs is 1. The van der Waals surface area contributed by atoms with Gasteiger partial charge >= 0.3 is 6.03 Å². The van der Waals surface area contributed by atoms with Crippen LogP contribution in [0.25, 0.3) is 0 Å². The van der Waals surface area contributed by atoms with Gasteiger partial charge in [-0.25, -0.2) is 4.79 Å². The van der Waals surface area contributed by atoms with Crippen LogP contribution in [0.1, 0.15) is 24.5 Å². The standard InChI is InChI=1S/C20H24N2O3/c1-2-11-24-18-9-7-15(8-10-18)13-21-20(23)22-17-12-16-5-3-4-6-19(16)25-14-17/h3-10,17H,2,11-14H2,1H3,(H2,21,22,23)/t17-/m1/s1. The number of carbonyl (C=O) groups excluding carboxylic acids is 1. The molecule has 0 spiro atoms. The van der Waals surface area contributed by atoms with Gasteiger partial charge in [0.15, 0.2) is 0 Å². The van der Waals surface area contributed by atoms with Crippen LogP contribution in [0.4, 0.5) is 4.79 Å². The maximum atomic E-state index is 12.1. The number of carbonyl (C=O) groups is 1. The second kappa shape index (κ2) is 8.42. The number of amides is 2. The lowest BCUT2D eigenvalue weighted by Gasteiger charge is -2.26. The molecule has 0 saturated heterocycles. The highest BCUT2D eigenvalue weighted by atomic mass is 16.5. The van der Waals surface area contributed by atoms with Gasteiger partial charge in [-0.15, -0.1) is 0 Å². The van der Waals surface area contributed by atoms with Crippen molar-refractivity contribution >= 4 is 6.03 Å². The zero-order valence-corrected chi connectivity index (χ0v) is 14.5. The van der Waals surface area contributed by atoms with Crippen LogP contribution in [0, 0.1) is 0 Å². The van der Waals surface area contributed by atoms with Gasteiger partial charge in [0.2, 0.25) is 0 Å². The summed E-state index contributed by atoms with van der Waals surface area (Å²) in [6.07, 6.45) is 1.77. The van der Waals surface area contributed by atoms with Gasteiger partial charge in [-0.3, -0.25) is 0 Å². The summed E-state index contributed by atoms with van der Waals surface area (Å²) in [6.45, 7) is 3.76. The Labute approximate surface area is 148 Å². The molecule has 1 aliphatic heterocycles. The Bertz CT molecular complexity index is 700. The van der Waals surface area contributed by atoms with Crippen molar-refractivity contribution in [1.82, 2.24) is 10.6 Å². The zero-order chi connectivity index (χ0) is 17.5. The fourth-order valence-corrected chi connectivity index (χ4v) is 2.76. The van der Waals surface area contributed by atoms with Gasteiger partial charge in [0, 0.05) is 6.54 Å². The highest BCUT2D eigenvalue weighted by Crippen LogP contribution is 2.23. The largest absolute Gasteiger partial charge is 0.494 e. The van der Waals surface area contributed by atoms with Gasteiger partial charge in [0.1, 0.15) is 18.1 Å². The van der Waals surface area contributed by atoms with E-state index in [-0.39, 0.29) is 12.1 Å². The molecular formula is C20H24N2O3. The van der Waals surface area contributed by atoms with Crippen molar-refractivity contribution in [2.45, 2.75) is 32.4 Å². The molecular weight excluding hydrogens is 316 g/mol. The minimum Gasteiger partial charge on any atom is -0.494 e. The maximum absolute atomic E-state index is 12.1. The number of ether oxygens (including phenoxy) is 2. The Hall–Kier alpha value is -2.69. The highest BCUT2D eigenvalue weighted by molar-refractivity contribution is 5.74. The summed E-state index contributed by atoms with van der Waals surface area (Å²) >= 11 is 0.